The zero-order valence-corrected chi connectivity index (χ0v) is 16.4. The lowest BCUT2D eigenvalue weighted by Crippen LogP contribution is -2.44. The first-order valence-corrected chi connectivity index (χ1v) is 9.89. The second-order valence-corrected chi connectivity index (χ2v) is 8.11. The average molecular weight is 406 g/mol. The summed E-state index contributed by atoms with van der Waals surface area (Å²) in [5, 5.41) is 5.00. The maximum Gasteiger partial charge on any atom is 0.330 e. The fraction of sp³-hybridized carbons (Fsp3) is 0.550. The van der Waals surface area contributed by atoms with E-state index in [4.69, 9.17) is 0 Å². The van der Waals surface area contributed by atoms with E-state index in [9.17, 15) is 23.2 Å². The van der Waals surface area contributed by atoms with E-state index in [1.54, 1.807) is 18.2 Å². The van der Waals surface area contributed by atoms with E-state index in [-0.39, 0.29) is 37.0 Å². The van der Waals surface area contributed by atoms with Gasteiger partial charge in [0, 0.05) is 12.5 Å². The molecule has 7 nitrogen and oxygen atoms in total. The molecule has 2 aliphatic heterocycles. The van der Waals surface area contributed by atoms with Crippen LogP contribution in [0.3, 0.4) is 0 Å². The molecule has 0 radical (unpaired) electrons. The summed E-state index contributed by atoms with van der Waals surface area (Å²) in [5.41, 5.74) is 1.15. The molecule has 2 fully saturated rings. The number of benzene rings is 1. The molecule has 0 bridgehead atoms. The van der Waals surface area contributed by atoms with E-state index in [2.05, 4.69) is 10.6 Å². The number of rotatable bonds is 3. The number of hydrogen-bond donors (Lipinski definition) is 2. The first-order chi connectivity index (χ1) is 13.7. The SMILES string of the molecule is CC(C)n1c(=O)n(C2CCC(=O)NC2=O)c2ccc(C3CCNCC3(F)F)cc21. The molecule has 0 spiro atoms. The number of nitrogens with zero attached hydrogens (tertiary/aromatic N) is 2. The summed E-state index contributed by atoms with van der Waals surface area (Å²) in [6.45, 7) is 3.81. The molecule has 2 atom stereocenters. The van der Waals surface area contributed by atoms with Gasteiger partial charge in [-0.2, -0.15) is 0 Å². The van der Waals surface area contributed by atoms with Crippen LogP contribution in [0.1, 0.15) is 56.7 Å². The van der Waals surface area contributed by atoms with Crippen molar-refractivity contribution in [1.29, 1.82) is 0 Å². The summed E-state index contributed by atoms with van der Waals surface area (Å²) in [5.74, 6) is -4.67. The quantitative estimate of drug-likeness (QED) is 0.765. The van der Waals surface area contributed by atoms with Gasteiger partial charge in [0.1, 0.15) is 6.04 Å². The summed E-state index contributed by atoms with van der Waals surface area (Å²) in [4.78, 5) is 37.0. The predicted molar refractivity (Wildman–Crippen MR) is 103 cm³/mol. The predicted octanol–water partition coefficient (Wildman–Crippen LogP) is 2.07. The summed E-state index contributed by atoms with van der Waals surface area (Å²) < 4.78 is 31.8. The number of imidazole rings is 1. The van der Waals surface area contributed by atoms with Crippen molar-refractivity contribution in [1.82, 2.24) is 19.8 Å². The smallest absolute Gasteiger partial charge is 0.311 e. The van der Waals surface area contributed by atoms with E-state index in [1.165, 1.54) is 9.13 Å². The molecule has 2 amide bonds. The number of carbonyl (C=O) groups is 2. The zero-order valence-electron chi connectivity index (χ0n) is 16.4. The third-order valence-electron chi connectivity index (χ3n) is 5.85. The fourth-order valence-electron chi connectivity index (χ4n) is 4.45. The van der Waals surface area contributed by atoms with Gasteiger partial charge in [-0.1, -0.05) is 6.07 Å². The minimum absolute atomic E-state index is 0.149. The number of fused-ring (bicyclic) bond motifs is 1. The van der Waals surface area contributed by atoms with Crippen LogP contribution in [0.25, 0.3) is 11.0 Å². The number of carbonyl (C=O) groups excluding carboxylic acids is 2. The first kappa shape index (κ1) is 19.8. The van der Waals surface area contributed by atoms with Gasteiger partial charge in [-0.15, -0.1) is 0 Å². The van der Waals surface area contributed by atoms with E-state index in [0.29, 0.717) is 29.6 Å². The number of halogens is 2. The van der Waals surface area contributed by atoms with Crippen molar-refractivity contribution in [2.75, 3.05) is 13.1 Å². The molecule has 9 heteroatoms. The van der Waals surface area contributed by atoms with E-state index in [1.807, 2.05) is 13.8 Å². The van der Waals surface area contributed by atoms with Crippen LogP contribution in [0.2, 0.25) is 0 Å². The Bertz CT molecular complexity index is 1040. The van der Waals surface area contributed by atoms with Gasteiger partial charge in [-0.05, 0) is 50.9 Å². The molecular weight excluding hydrogens is 382 g/mol. The molecule has 3 heterocycles. The molecular formula is C20H24F2N4O3. The highest BCUT2D eigenvalue weighted by Gasteiger charge is 2.42. The van der Waals surface area contributed by atoms with E-state index >= 15 is 0 Å². The Morgan fingerprint density at radius 2 is 1.90 bits per heavy atom. The minimum Gasteiger partial charge on any atom is -0.311 e. The van der Waals surface area contributed by atoms with E-state index in [0.717, 1.165) is 0 Å². The lowest BCUT2D eigenvalue weighted by atomic mass is 9.87. The Hall–Kier alpha value is -2.55. The molecule has 2 N–H and O–H groups in total. The molecule has 2 unspecified atom stereocenters. The van der Waals surface area contributed by atoms with Gasteiger partial charge in [-0.25, -0.2) is 13.6 Å². The van der Waals surface area contributed by atoms with Crippen molar-refractivity contribution in [3.63, 3.8) is 0 Å². The maximum absolute atomic E-state index is 14.5. The standard InChI is InChI=1S/C20H24F2N4O3/c1-11(2)25-16-9-12(13-7-8-23-10-20(13,21)22)3-4-14(16)26(19(25)29)15-5-6-17(27)24-18(15)28/h3-4,9,11,13,15,23H,5-8,10H2,1-2H3,(H,24,27,28). The highest BCUT2D eigenvalue weighted by Crippen LogP contribution is 2.39. The summed E-state index contributed by atoms with van der Waals surface area (Å²) >= 11 is 0. The number of aromatic nitrogens is 2. The summed E-state index contributed by atoms with van der Waals surface area (Å²) in [7, 11) is 0. The van der Waals surface area contributed by atoms with Gasteiger partial charge in [0.2, 0.25) is 11.8 Å². The van der Waals surface area contributed by atoms with Crippen molar-refractivity contribution in [3.8, 4) is 0 Å². The number of alkyl halides is 2. The molecule has 2 aliphatic rings. The van der Waals surface area contributed by atoms with Gasteiger partial charge in [0.15, 0.2) is 0 Å². The molecule has 2 aromatic rings. The Kier molecular flexibility index (Phi) is 4.80. The van der Waals surface area contributed by atoms with Crippen LogP contribution in [-0.2, 0) is 9.59 Å². The lowest BCUT2D eigenvalue weighted by molar-refractivity contribution is -0.135. The van der Waals surface area contributed by atoms with Crippen LogP contribution in [0, 0.1) is 0 Å². The number of amides is 2. The Balaban J connectivity index is 1.87. The first-order valence-electron chi connectivity index (χ1n) is 9.89. The van der Waals surface area contributed by atoms with Crippen molar-refractivity contribution in [3.05, 3.63) is 34.2 Å². The monoisotopic (exact) mass is 406 g/mol. The molecule has 2 saturated heterocycles. The van der Waals surface area contributed by atoms with Gasteiger partial charge in [0.25, 0.3) is 5.92 Å². The molecule has 156 valence electrons. The molecule has 29 heavy (non-hydrogen) atoms. The third-order valence-corrected chi connectivity index (χ3v) is 5.85. The second-order valence-electron chi connectivity index (χ2n) is 8.11. The van der Waals surface area contributed by atoms with Gasteiger partial charge >= 0.3 is 5.69 Å². The molecule has 0 saturated carbocycles. The summed E-state index contributed by atoms with van der Waals surface area (Å²) in [6.07, 6.45) is 0.685. The van der Waals surface area contributed by atoms with Crippen molar-refractivity contribution in [2.45, 2.75) is 57.0 Å². The largest absolute Gasteiger partial charge is 0.330 e. The number of hydrogen-bond acceptors (Lipinski definition) is 4. The van der Waals surface area contributed by atoms with Crippen LogP contribution in [-0.4, -0.2) is 40.0 Å². The zero-order chi connectivity index (χ0) is 20.9. The minimum atomic E-state index is -2.87. The number of imide groups is 1. The topological polar surface area (TPSA) is 85.1 Å². The fourth-order valence-corrected chi connectivity index (χ4v) is 4.45. The highest BCUT2D eigenvalue weighted by atomic mass is 19.3. The Labute approximate surface area is 166 Å². The van der Waals surface area contributed by atoms with Crippen molar-refractivity contribution in [2.24, 2.45) is 0 Å². The third kappa shape index (κ3) is 3.27. The van der Waals surface area contributed by atoms with Gasteiger partial charge in [-0.3, -0.25) is 24.0 Å². The van der Waals surface area contributed by atoms with Crippen LogP contribution in [0.15, 0.2) is 23.0 Å². The molecule has 0 aliphatic carbocycles. The molecule has 1 aromatic heterocycles. The average Bonchev–Trinajstić information content (AvgIpc) is 2.92. The Morgan fingerprint density at radius 3 is 2.55 bits per heavy atom. The van der Waals surface area contributed by atoms with Gasteiger partial charge < -0.3 is 5.32 Å². The molecule has 1 aromatic carbocycles. The van der Waals surface area contributed by atoms with E-state index < -0.39 is 23.8 Å². The second kappa shape index (κ2) is 7.05. The Morgan fingerprint density at radius 1 is 1.14 bits per heavy atom. The number of nitrogens with one attached hydrogen (secondary N) is 2. The lowest BCUT2D eigenvalue weighted by Gasteiger charge is -2.32. The molecule has 4 rings (SSSR count). The number of piperidine rings is 2. The van der Waals surface area contributed by atoms with Crippen molar-refractivity contribution < 1.29 is 18.4 Å². The van der Waals surface area contributed by atoms with Crippen molar-refractivity contribution >= 4 is 22.8 Å². The highest BCUT2D eigenvalue weighted by molar-refractivity contribution is 6.00. The maximum atomic E-state index is 14.5. The summed E-state index contributed by atoms with van der Waals surface area (Å²) in [6, 6.07) is 3.91. The normalized spacial score (nSPS) is 24.9. The van der Waals surface area contributed by atoms with Crippen LogP contribution in [0.5, 0.6) is 0 Å². The van der Waals surface area contributed by atoms with Crippen LogP contribution in [0.4, 0.5) is 8.78 Å². The van der Waals surface area contributed by atoms with Gasteiger partial charge in [0.05, 0.1) is 23.5 Å². The van der Waals surface area contributed by atoms with Crippen LogP contribution >= 0.6 is 0 Å². The van der Waals surface area contributed by atoms with Crippen LogP contribution < -0.4 is 16.3 Å².